The number of likely N-dealkylation sites (N-methyl/N-ethyl adjacent to an activating group) is 1. The maximum atomic E-state index is 15.2. The number of nitrogens with one attached hydrogen (secondary N) is 1. The maximum absolute atomic E-state index is 15.2. The van der Waals surface area contributed by atoms with Gasteiger partial charge in [-0.15, -0.1) is 0 Å². The summed E-state index contributed by atoms with van der Waals surface area (Å²) in [6.45, 7) is 3.36. The highest BCUT2D eigenvalue weighted by Gasteiger charge is 2.25. The van der Waals surface area contributed by atoms with E-state index in [9.17, 15) is 9.18 Å². The number of imidazole rings is 1. The summed E-state index contributed by atoms with van der Waals surface area (Å²) in [5.41, 5.74) is 3.16. The zero-order chi connectivity index (χ0) is 28.0. The number of rotatable bonds is 6. The Balaban J connectivity index is 1.27. The average molecular weight is 547 g/mol. The van der Waals surface area contributed by atoms with Crippen LogP contribution in [0.4, 0.5) is 20.5 Å². The summed E-state index contributed by atoms with van der Waals surface area (Å²) in [4.78, 5) is 33.8. The molecule has 208 valence electrons. The van der Waals surface area contributed by atoms with Gasteiger partial charge >= 0.3 is 0 Å². The molecule has 6 rings (SSSR count). The van der Waals surface area contributed by atoms with E-state index in [4.69, 9.17) is 4.98 Å². The fourth-order valence-corrected chi connectivity index (χ4v) is 5.84. The number of halogens is 2. The van der Waals surface area contributed by atoms with Crippen LogP contribution in [0, 0.1) is 18.6 Å². The molecule has 0 saturated heterocycles. The first-order valence-corrected chi connectivity index (χ1v) is 13.7. The molecule has 0 unspecified atom stereocenters. The quantitative estimate of drug-likeness (QED) is 0.372. The Morgan fingerprint density at radius 3 is 2.67 bits per heavy atom. The monoisotopic (exact) mass is 546 g/mol. The van der Waals surface area contributed by atoms with Gasteiger partial charge in [-0.25, -0.2) is 28.7 Å². The highest BCUT2D eigenvalue weighted by Crippen LogP contribution is 2.36. The van der Waals surface area contributed by atoms with Crippen LogP contribution in [0.3, 0.4) is 0 Å². The van der Waals surface area contributed by atoms with E-state index in [0.29, 0.717) is 48.5 Å². The van der Waals surface area contributed by atoms with E-state index in [-0.39, 0.29) is 23.6 Å². The molecular weight excluding hydrogens is 514 g/mol. The van der Waals surface area contributed by atoms with Gasteiger partial charge in [0.2, 0.25) is 11.9 Å². The molecule has 1 N–H and O–H groups in total. The van der Waals surface area contributed by atoms with Crippen molar-refractivity contribution >= 4 is 28.7 Å². The molecule has 2 aliphatic rings. The Kier molecular flexibility index (Phi) is 6.91. The Morgan fingerprint density at radius 1 is 1.10 bits per heavy atom. The van der Waals surface area contributed by atoms with Gasteiger partial charge in [-0.05, 0) is 57.6 Å². The molecule has 1 aliphatic carbocycles. The third-order valence-electron chi connectivity index (χ3n) is 7.72. The summed E-state index contributed by atoms with van der Waals surface area (Å²) >= 11 is 0. The van der Waals surface area contributed by atoms with Crippen molar-refractivity contribution in [2.75, 3.05) is 32.5 Å². The third-order valence-corrected chi connectivity index (χ3v) is 7.72. The maximum Gasteiger partial charge on any atom is 0.237 e. The van der Waals surface area contributed by atoms with Crippen LogP contribution in [0.5, 0.6) is 0 Å². The van der Waals surface area contributed by atoms with Crippen molar-refractivity contribution in [2.45, 2.75) is 51.6 Å². The molecule has 1 saturated carbocycles. The van der Waals surface area contributed by atoms with Crippen LogP contribution < -0.4 is 5.32 Å². The number of benzene rings is 1. The number of fused-ring (bicyclic) bond motifs is 2. The number of carbonyl (C=O) groups is 1. The average Bonchev–Trinajstić information content (AvgIpc) is 3.56. The van der Waals surface area contributed by atoms with Crippen LogP contribution in [0.25, 0.3) is 22.3 Å². The van der Waals surface area contributed by atoms with E-state index in [1.165, 1.54) is 6.07 Å². The molecule has 1 amide bonds. The van der Waals surface area contributed by atoms with Gasteiger partial charge < -0.3 is 19.7 Å². The Hall–Kier alpha value is -3.99. The second-order valence-corrected chi connectivity index (χ2v) is 10.9. The highest BCUT2D eigenvalue weighted by molar-refractivity contribution is 5.83. The van der Waals surface area contributed by atoms with Crippen LogP contribution in [-0.4, -0.2) is 67.4 Å². The van der Waals surface area contributed by atoms with Crippen LogP contribution in [0.15, 0.2) is 30.5 Å². The Labute approximate surface area is 231 Å². The Morgan fingerprint density at radius 2 is 1.90 bits per heavy atom. The molecule has 0 spiro atoms. The van der Waals surface area contributed by atoms with Crippen molar-refractivity contribution < 1.29 is 13.6 Å². The van der Waals surface area contributed by atoms with Crippen molar-refractivity contribution in [1.82, 2.24) is 34.3 Å². The predicted molar refractivity (Wildman–Crippen MR) is 148 cm³/mol. The predicted octanol–water partition coefficient (Wildman–Crippen LogP) is 4.78. The number of hydrogen-bond acceptors (Lipinski definition) is 7. The van der Waals surface area contributed by atoms with Gasteiger partial charge in [0.05, 0.1) is 18.3 Å². The van der Waals surface area contributed by atoms with Crippen molar-refractivity contribution in [2.24, 2.45) is 0 Å². The summed E-state index contributed by atoms with van der Waals surface area (Å²) < 4.78 is 32.3. The molecule has 1 fully saturated rings. The van der Waals surface area contributed by atoms with E-state index < -0.39 is 11.6 Å². The SMILES string of the molecule is Cc1nc2c(F)cc(-c3nc(Nc4ccc5c(n4)CCN(C(=O)CN(C)C)C5)ncc3F)cc2n1C1CCCC1. The molecular formula is C29H32F2N8O. The summed E-state index contributed by atoms with van der Waals surface area (Å²) in [6.07, 6.45) is 6.01. The lowest BCUT2D eigenvalue weighted by molar-refractivity contribution is -0.132. The number of anilines is 2. The number of amides is 1. The highest BCUT2D eigenvalue weighted by atomic mass is 19.1. The summed E-state index contributed by atoms with van der Waals surface area (Å²) in [5.74, 6) is 0.362. The third kappa shape index (κ3) is 5.01. The number of carbonyl (C=O) groups excluding carboxylic acids is 1. The second kappa shape index (κ2) is 10.5. The fraction of sp³-hybridized carbons (Fsp3) is 0.414. The molecule has 4 aromatic rings. The summed E-state index contributed by atoms with van der Waals surface area (Å²) in [7, 11) is 3.75. The van der Waals surface area contributed by atoms with Gasteiger partial charge in [-0.3, -0.25) is 4.79 Å². The van der Waals surface area contributed by atoms with E-state index in [0.717, 1.165) is 49.0 Å². The first-order valence-electron chi connectivity index (χ1n) is 13.7. The van der Waals surface area contributed by atoms with Crippen LogP contribution >= 0.6 is 0 Å². The van der Waals surface area contributed by atoms with Crippen molar-refractivity contribution in [3.63, 3.8) is 0 Å². The van der Waals surface area contributed by atoms with Crippen LogP contribution in [0.1, 0.15) is 48.8 Å². The summed E-state index contributed by atoms with van der Waals surface area (Å²) in [6, 6.07) is 7.04. The molecule has 40 heavy (non-hydrogen) atoms. The standard InChI is InChI=1S/C29H32F2N8O/c1-17-33-28-21(30)12-19(13-24(28)39(17)20-6-4-5-7-20)27-22(31)14-32-29(36-27)35-25-9-8-18-15-38(11-10-23(18)34-25)26(40)16-37(2)3/h8-9,12-14,20H,4-7,10-11,15-16H2,1-3H3,(H,32,34,35,36). The molecule has 0 bridgehead atoms. The van der Waals surface area contributed by atoms with Gasteiger partial charge in [0, 0.05) is 36.8 Å². The van der Waals surface area contributed by atoms with Gasteiger partial charge in [0.25, 0.3) is 0 Å². The topological polar surface area (TPSA) is 92.1 Å². The first kappa shape index (κ1) is 26.2. The van der Waals surface area contributed by atoms with E-state index in [1.54, 1.807) is 12.1 Å². The zero-order valence-corrected chi connectivity index (χ0v) is 22.9. The minimum absolute atomic E-state index is 0.00290. The fourth-order valence-electron chi connectivity index (χ4n) is 5.84. The molecule has 11 heteroatoms. The second-order valence-electron chi connectivity index (χ2n) is 10.9. The van der Waals surface area contributed by atoms with Gasteiger partial charge in [0.15, 0.2) is 11.6 Å². The van der Waals surface area contributed by atoms with Gasteiger partial charge in [-0.2, -0.15) is 0 Å². The molecule has 4 heterocycles. The Bertz CT molecular complexity index is 1590. The molecule has 1 aliphatic heterocycles. The van der Waals surface area contributed by atoms with Crippen LogP contribution in [-0.2, 0) is 17.8 Å². The number of aryl methyl sites for hydroxylation is 1. The van der Waals surface area contributed by atoms with Crippen molar-refractivity contribution in [3.8, 4) is 11.3 Å². The van der Waals surface area contributed by atoms with E-state index in [1.807, 2.05) is 36.9 Å². The molecule has 0 radical (unpaired) electrons. The normalized spacial score (nSPS) is 15.7. The lowest BCUT2D eigenvalue weighted by Gasteiger charge is -2.29. The molecule has 9 nitrogen and oxygen atoms in total. The molecule has 3 aromatic heterocycles. The number of hydrogen-bond donors (Lipinski definition) is 1. The first-order chi connectivity index (χ1) is 19.3. The molecule has 1 aromatic carbocycles. The number of pyridine rings is 1. The lowest BCUT2D eigenvalue weighted by atomic mass is 10.1. The number of aromatic nitrogens is 5. The van der Waals surface area contributed by atoms with Gasteiger partial charge in [-0.1, -0.05) is 18.9 Å². The van der Waals surface area contributed by atoms with Crippen molar-refractivity contribution in [1.29, 1.82) is 0 Å². The zero-order valence-electron chi connectivity index (χ0n) is 22.9. The minimum atomic E-state index is -0.645. The largest absolute Gasteiger partial charge is 0.337 e. The minimum Gasteiger partial charge on any atom is -0.337 e. The van der Waals surface area contributed by atoms with Crippen LogP contribution in [0.2, 0.25) is 0 Å². The van der Waals surface area contributed by atoms with E-state index >= 15 is 4.39 Å². The molecule has 0 atom stereocenters. The van der Waals surface area contributed by atoms with Crippen molar-refractivity contribution in [3.05, 3.63) is 59.2 Å². The lowest BCUT2D eigenvalue weighted by Crippen LogP contribution is -2.41. The van der Waals surface area contributed by atoms with E-state index in [2.05, 4.69) is 24.8 Å². The van der Waals surface area contributed by atoms with Gasteiger partial charge in [0.1, 0.15) is 22.9 Å². The summed E-state index contributed by atoms with van der Waals surface area (Å²) in [5, 5.41) is 3.07. The number of nitrogens with zero attached hydrogens (tertiary/aromatic N) is 7. The smallest absolute Gasteiger partial charge is 0.237 e.